The van der Waals surface area contributed by atoms with Crippen LogP contribution < -0.4 is 10.6 Å². The first-order chi connectivity index (χ1) is 18.4. The third-order valence-electron chi connectivity index (χ3n) is 6.97. The summed E-state index contributed by atoms with van der Waals surface area (Å²) in [5.74, 6) is -0.524. The molecule has 2 N–H and O–H groups in total. The van der Waals surface area contributed by atoms with E-state index in [1.807, 2.05) is 23.9 Å². The van der Waals surface area contributed by atoms with Crippen molar-refractivity contribution >= 4 is 51.2 Å². The number of rotatable bonds is 7. The molecule has 0 amide bonds. The molecular formula is C27H27Cl2FN8. The molecule has 2 aromatic heterocycles. The quantitative estimate of drug-likeness (QED) is 0.263. The Morgan fingerprint density at radius 1 is 1.16 bits per heavy atom. The highest BCUT2D eigenvalue weighted by Gasteiger charge is 2.22. The molecule has 196 valence electrons. The average Bonchev–Trinajstić information content (AvgIpc) is 3.42. The summed E-state index contributed by atoms with van der Waals surface area (Å²) in [7, 11) is 0. The van der Waals surface area contributed by atoms with Crippen LogP contribution in [0.3, 0.4) is 0 Å². The van der Waals surface area contributed by atoms with E-state index < -0.39 is 5.82 Å². The fourth-order valence-corrected chi connectivity index (χ4v) is 5.22. The maximum Gasteiger partial charge on any atom is 0.141 e. The normalized spacial score (nSPS) is 15.4. The van der Waals surface area contributed by atoms with Gasteiger partial charge in [0, 0.05) is 36.0 Å². The molecule has 1 aliphatic heterocycles. The molecule has 0 spiro atoms. The van der Waals surface area contributed by atoms with Crippen LogP contribution in [-0.4, -0.2) is 44.5 Å². The molecule has 1 aliphatic rings. The van der Waals surface area contributed by atoms with Crippen LogP contribution in [-0.2, 0) is 0 Å². The van der Waals surface area contributed by atoms with Crippen molar-refractivity contribution in [2.45, 2.75) is 38.8 Å². The number of anilines is 3. The molecule has 5 rings (SSSR count). The van der Waals surface area contributed by atoms with Crippen LogP contribution in [0.25, 0.3) is 10.9 Å². The zero-order valence-electron chi connectivity index (χ0n) is 21.0. The van der Waals surface area contributed by atoms with Gasteiger partial charge in [0.2, 0.25) is 0 Å². The summed E-state index contributed by atoms with van der Waals surface area (Å²) in [6, 6.07) is 10.3. The van der Waals surface area contributed by atoms with Crippen LogP contribution in [0.4, 0.5) is 21.5 Å². The number of hydrogen-bond donors (Lipinski definition) is 2. The first-order valence-electron chi connectivity index (χ1n) is 12.5. The van der Waals surface area contributed by atoms with Gasteiger partial charge >= 0.3 is 0 Å². The number of halogens is 3. The molecule has 11 heteroatoms. The summed E-state index contributed by atoms with van der Waals surface area (Å²) in [5, 5.41) is 26.2. The number of nitrogens with one attached hydrogen (secondary N) is 2. The molecule has 1 saturated heterocycles. The number of nitrogens with zero attached hydrogens (tertiary/aromatic N) is 6. The lowest BCUT2D eigenvalue weighted by molar-refractivity contribution is 0.186. The van der Waals surface area contributed by atoms with Crippen LogP contribution in [0.5, 0.6) is 0 Å². The Balaban J connectivity index is 1.41. The second-order valence-corrected chi connectivity index (χ2v) is 10.2. The average molecular weight is 553 g/mol. The molecule has 0 bridgehead atoms. The first kappa shape index (κ1) is 26.2. The van der Waals surface area contributed by atoms with E-state index in [0.717, 1.165) is 43.9 Å². The molecule has 38 heavy (non-hydrogen) atoms. The number of nitriles is 1. The molecule has 3 heterocycles. The summed E-state index contributed by atoms with van der Waals surface area (Å²) in [6.07, 6.45) is 5.58. The lowest BCUT2D eigenvalue weighted by Crippen LogP contribution is -2.34. The summed E-state index contributed by atoms with van der Waals surface area (Å²) < 4.78 is 15.7. The van der Waals surface area contributed by atoms with Gasteiger partial charge in [-0.1, -0.05) is 35.3 Å². The predicted octanol–water partition coefficient (Wildman–Crippen LogP) is 6.72. The summed E-state index contributed by atoms with van der Waals surface area (Å²) >= 11 is 12.6. The molecule has 0 unspecified atom stereocenters. The molecule has 0 aliphatic carbocycles. The van der Waals surface area contributed by atoms with Crippen molar-refractivity contribution in [3.63, 3.8) is 0 Å². The SMILES string of the molecule is CCN1CCC(n2cc([C@H](C)Nc3cc(Cl)c4ncc(C#N)c(Nc5ccc(F)c(Cl)c5)c4c3)nn2)CC1. The number of likely N-dealkylation sites (tertiary alicyclic amines) is 1. The van der Waals surface area contributed by atoms with Crippen molar-refractivity contribution in [1.82, 2.24) is 24.9 Å². The van der Waals surface area contributed by atoms with Crippen LogP contribution in [0.15, 0.2) is 42.7 Å². The molecule has 1 atom stereocenters. The Hall–Kier alpha value is -3.45. The minimum absolute atomic E-state index is 0.0231. The maximum atomic E-state index is 13.7. The van der Waals surface area contributed by atoms with E-state index in [0.29, 0.717) is 38.9 Å². The first-order valence-corrected chi connectivity index (χ1v) is 13.3. The van der Waals surface area contributed by atoms with E-state index in [-0.39, 0.29) is 11.1 Å². The Kier molecular flexibility index (Phi) is 7.65. The number of aromatic nitrogens is 4. The highest BCUT2D eigenvalue weighted by Crippen LogP contribution is 2.36. The van der Waals surface area contributed by atoms with Crippen LogP contribution in [0.2, 0.25) is 10.0 Å². The maximum absolute atomic E-state index is 13.7. The lowest BCUT2D eigenvalue weighted by Gasteiger charge is -2.30. The number of benzene rings is 2. The van der Waals surface area contributed by atoms with Crippen molar-refractivity contribution in [2.24, 2.45) is 0 Å². The third-order valence-corrected chi connectivity index (χ3v) is 7.55. The molecule has 4 aromatic rings. The van der Waals surface area contributed by atoms with Crippen molar-refractivity contribution < 1.29 is 4.39 Å². The van der Waals surface area contributed by atoms with E-state index in [1.165, 1.54) is 18.3 Å². The monoisotopic (exact) mass is 552 g/mol. The van der Waals surface area contributed by atoms with Gasteiger partial charge < -0.3 is 15.5 Å². The van der Waals surface area contributed by atoms with Crippen molar-refractivity contribution in [2.75, 3.05) is 30.3 Å². The van der Waals surface area contributed by atoms with E-state index in [2.05, 4.69) is 43.8 Å². The Morgan fingerprint density at radius 3 is 2.63 bits per heavy atom. The lowest BCUT2D eigenvalue weighted by atomic mass is 10.1. The molecule has 2 aromatic carbocycles. The fourth-order valence-electron chi connectivity index (χ4n) is 4.77. The van der Waals surface area contributed by atoms with Crippen molar-refractivity contribution in [3.05, 3.63) is 69.8 Å². The van der Waals surface area contributed by atoms with E-state index >= 15 is 0 Å². The van der Waals surface area contributed by atoms with Crippen LogP contribution >= 0.6 is 23.2 Å². The largest absolute Gasteiger partial charge is 0.377 e. The van der Waals surface area contributed by atoms with E-state index in [1.54, 1.807) is 12.1 Å². The van der Waals surface area contributed by atoms with Gasteiger partial charge in [-0.3, -0.25) is 4.98 Å². The molecule has 8 nitrogen and oxygen atoms in total. The smallest absolute Gasteiger partial charge is 0.141 e. The molecule has 1 fully saturated rings. The van der Waals surface area contributed by atoms with Gasteiger partial charge in [0.15, 0.2) is 0 Å². The predicted molar refractivity (Wildman–Crippen MR) is 149 cm³/mol. The fraction of sp³-hybridized carbons (Fsp3) is 0.333. The van der Waals surface area contributed by atoms with E-state index in [4.69, 9.17) is 23.2 Å². The van der Waals surface area contributed by atoms with Gasteiger partial charge in [0.25, 0.3) is 0 Å². The highest BCUT2D eigenvalue weighted by atomic mass is 35.5. The van der Waals surface area contributed by atoms with Crippen molar-refractivity contribution in [3.8, 4) is 6.07 Å². The highest BCUT2D eigenvalue weighted by molar-refractivity contribution is 6.36. The topological polar surface area (TPSA) is 94.7 Å². The van der Waals surface area contributed by atoms with Crippen molar-refractivity contribution in [1.29, 1.82) is 5.26 Å². The number of fused-ring (bicyclic) bond motifs is 1. The minimum Gasteiger partial charge on any atom is -0.377 e. The minimum atomic E-state index is -0.524. The second kappa shape index (κ2) is 11.1. The summed E-state index contributed by atoms with van der Waals surface area (Å²) in [5.41, 5.74) is 3.44. The van der Waals surface area contributed by atoms with E-state index in [9.17, 15) is 9.65 Å². The summed E-state index contributed by atoms with van der Waals surface area (Å²) in [4.78, 5) is 6.84. The molecule has 0 radical (unpaired) electrons. The van der Waals surface area contributed by atoms with Gasteiger partial charge in [-0.25, -0.2) is 9.07 Å². The molecular weight excluding hydrogens is 526 g/mol. The van der Waals surface area contributed by atoms with Gasteiger partial charge in [-0.15, -0.1) is 5.10 Å². The number of hydrogen-bond acceptors (Lipinski definition) is 7. The van der Waals surface area contributed by atoms with Gasteiger partial charge in [-0.2, -0.15) is 5.26 Å². The standard InChI is InChI=1S/C27H27Cl2FN8/c1-3-37-8-6-20(7-9-37)38-15-25(35-36-38)16(2)33-19-10-21-26(34-18-4-5-24(30)22(28)11-18)17(13-31)14-32-27(21)23(29)12-19/h4-5,10-12,14-16,20,33H,3,6-9H2,1-2H3,(H,32,34)/t16-/m0/s1. The van der Waals surface area contributed by atoms with Gasteiger partial charge in [-0.05, 0) is 56.6 Å². The number of pyridine rings is 1. The summed E-state index contributed by atoms with van der Waals surface area (Å²) in [6.45, 7) is 7.41. The Morgan fingerprint density at radius 2 is 1.92 bits per heavy atom. The van der Waals surface area contributed by atoms with Gasteiger partial charge in [0.1, 0.15) is 17.6 Å². The van der Waals surface area contributed by atoms with Crippen LogP contribution in [0, 0.1) is 17.1 Å². The molecule has 0 saturated carbocycles. The number of piperidine rings is 1. The Labute approximate surface area is 230 Å². The second-order valence-electron chi connectivity index (χ2n) is 9.42. The zero-order valence-corrected chi connectivity index (χ0v) is 22.6. The Bertz CT molecular complexity index is 1510. The van der Waals surface area contributed by atoms with Crippen LogP contribution in [0.1, 0.15) is 50.0 Å². The third kappa shape index (κ3) is 5.39. The zero-order chi connectivity index (χ0) is 26.8. The van der Waals surface area contributed by atoms with Gasteiger partial charge in [0.05, 0.1) is 45.1 Å².